The van der Waals surface area contributed by atoms with Crippen molar-refractivity contribution in [2.24, 2.45) is 0 Å². The van der Waals surface area contributed by atoms with E-state index in [0.29, 0.717) is 12.1 Å². The van der Waals surface area contributed by atoms with Gasteiger partial charge >= 0.3 is 0 Å². The molecule has 0 spiro atoms. The number of fused-ring (bicyclic) bond motifs is 1. The Bertz CT molecular complexity index is 1310. The highest BCUT2D eigenvalue weighted by atomic mass is 32.2. The molecule has 0 unspecified atom stereocenters. The SMILES string of the molecule is O=C(CCc1ccc(S(=O)(=O)Nc2ccncc2)cc1)Nc1ccc2cnccc2c1. The number of carbonyl (C=O) groups excluding carboxylic acids is 1. The van der Waals surface area contributed by atoms with Gasteiger partial charge in [0.25, 0.3) is 10.0 Å². The molecule has 4 aromatic rings. The van der Waals surface area contributed by atoms with Gasteiger partial charge in [-0.2, -0.15) is 0 Å². The Balaban J connectivity index is 1.34. The lowest BCUT2D eigenvalue weighted by Crippen LogP contribution is -2.13. The van der Waals surface area contributed by atoms with E-state index >= 15 is 0 Å². The molecule has 0 saturated heterocycles. The van der Waals surface area contributed by atoms with Crippen molar-refractivity contribution >= 4 is 38.1 Å². The van der Waals surface area contributed by atoms with E-state index < -0.39 is 10.0 Å². The molecule has 0 aliphatic carbocycles. The van der Waals surface area contributed by atoms with Crippen molar-refractivity contribution in [2.45, 2.75) is 17.7 Å². The van der Waals surface area contributed by atoms with E-state index in [1.165, 1.54) is 24.5 Å². The van der Waals surface area contributed by atoms with Gasteiger partial charge in [0.05, 0.1) is 10.6 Å². The van der Waals surface area contributed by atoms with Crippen LogP contribution in [0, 0.1) is 0 Å². The second kappa shape index (κ2) is 8.93. The third kappa shape index (κ3) is 5.23. The summed E-state index contributed by atoms with van der Waals surface area (Å²) < 4.78 is 27.5. The number of sulfonamides is 1. The van der Waals surface area contributed by atoms with Crippen molar-refractivity contribution in [1.29, 1.82) is 0 Å². The molecular formula is C23H20N4O3S. The molecule has 2 aromatic heterocycles. The van der Waals surface area contributed by atoms with E-state index in [9.17, 15) is 13.2 Å². The number of rotatable bonds is 7. The minimum atomic E-state index is -3.68. The summed E-state index contributed by atoms with van der Waals surface area (Å²) in [6.07, 6.45) is 7.31. The number of carbonyl (C=O) groups is 1. The Morgan fingerprint density at radius 1 is 0.806 bits per heavy atom. The van der Waals surface area contributed by atoms with E-state index in [1.807, 2.05) is 24.3 Å². The lowest BCUT2D eigenvalue weighted by atomic mass is 10.1. The number of pyridine rings is 2. The summed E-state index contributed by atoms with van der Waals surface area (Å²) in [5.74, 6) is -0.107. The fourth-order valence-electron chi connectivity index (χ4n) is 3.11. The highest BCUT2D eigenvalue weighted by molar-refractivity contribution is 7.92. The molecule has 1 amide bonds. The van der Waals surface area contributed by atoms with E-state index in [0.717, 1.165) is 22.0 Å². The number of hydrogen-bond acceptors (Lipinski definition) is 5. The standard InChI is InChI=1S/C23H20N4O3S/c28-23(26-21-5-4-19-16-25-12-9-18(19)15-21)8-3-17-1-6-22(7-2-17)31(29,30)27-20-10-13-24-14-11-20/h1-2,4-7,9-16H,3,8H2,(H,24,27)(H,26,28). The van der Waals surface area contributed by atoms with Crippen LogP contribution >= 0.6 is 0 Å². The summed E-state index contributed by atoms with van der Waals surface area (Å²) in [5, 5.41) is 4.91. The number of anilines is 2. The molecule has 31 heavy (non-hydrogen) atoms. The first kappa shape index (κ1) is 20.5. The van der Waals surface area contributed by atoms with Crippen LogP contribution in [0.15, 0.2) is 90.3 Å². The van der Waals surface area contributed by atoms with Gasteiger partial charge in [-0.1, -0.05) is 18.2 Å². The van der Waals surface area contributed by atoms with Crippen LogP contribution in [0.5, 0.6) is 0 Å². The summed E-state index contributed by atoms with van der Waals surface area (Å²) in [6, 6.07) is 17.2. The van der Waals surface area contributed by atoms with Crippen LogP contribution in [-0.4, -0.2) is 24.3 Å². The number of benzene rings is 2. The van der Waals surface area contributed by atoms with Crippen LogP contribution in [0.2, 0.25) is 0 Å². The van der Waals surface area contributed by atoms with Crippen molar-refractivity contribution in [1.82, 2.24) is 9.97 Å². The van der Waals surface area contributed by atoms with Gasteiger partial charge in [-0.05, 0) is 59.8 Å². The molecule has 2 aromatic carbocycles. The van der Waals surface area contributed by atoms with Gasteiger partial charge in [0.15, 0.2) is 0 Å². The quantitative estimate of drug-likeness (QED) is 0.460. The first-order chi connectivity index (χ1) is 15.0. The third-order valence-electron chi connectivity index (χ3n) is 4.73. The molecular weight excluding hydrogens is 412 g/mol. The van der Waals surface area contributed by atoms with Gasteiger partial charge < -0.3 is 5.32 Å². The van der Waals surface area contributed by atoms with E-state index in [2.05, 4.69) is 20.0 Å². The van der Waals surface area contributed by atoms with Crippen LogP contribution in [0.3, 0.4) is 0 Å². The molecule has 8 heteroatoms. The second-order valence-corrected chi connectivity index (χ2v) is 8.65. The lowest BCUT2D eigenvalue weighted by molar-refractivity contribution is -0.116. The maximum atomic E-state index is 12.5. The number of amides is 1. The highest BCUT2D eigenvalue weighted by Crippen LogP contribution is 2.19. The largest absolute Gasteiger partial charge is 0.326 e. The molecule has 0 saturated carbocycles. The summed E-state index contributed by atoms with van der Waals surface area (Å²) in [4.78, 5) is 20.4. The van der Waals surface area contributed by atoms with Gasteiger partial charge in [-0.25, -0.2) is 8.42 Å². The van der Waals surface area contributed by atoms with Gasteiger partial charge in [-0.15, -0.1) is 0 Å². The first-order valence-electron chi connectivity index (χ1n) is 9.65. The Hall–Kier alpha value is -3.78. The Labute approximate surface area is 180 Å². The smallest absolute Gasteiger partial charge is 0.261 e. The van der Waals surface area contributed by atoms with Crippen molar-refractivity contribution < 1.29 is 13.2 Å². The Kier molecular flexibility index (Phi) is 5.90. The number of aromatic nitrogens is 2. The van der Waals surface area contributed by atoms with Crippen molar-refractivity contribution in [3.63, 3.8) is 0 Å². The van der Waals surface area contributed by atoms with Crippen molar-refractivity contribution in [2.75, 3.05) is 10.0 Å². The van der Waals surface area contributed by atoms with Gasteiger partial charge in [0, 0.05) is 42.3 Å². The van der Waals surface area contributed by atoms with Crippen molar-refractivity contribution in [3.8, 4) is 0 Å². The minimum absolute atomic E-state index is 0.107. The molecule has 0 fully saturated rings. The molecule has 0 aliphatic rings. The maximum absolute atomic E-state index is 12.5. The number of nitrogens with zero attached hydrogens (tertiary/aromatic N) is 2. The number of nitrogens with one attached hydrogen (secondary N) is 2. The minimum Gasteiger partial charge on any atom is -0.326 e. The fraction of sp³-hybridized carbons (Fsp3) is 0.0870. The van der Waals surface area contributed by atoms with E-state index in [1.54, 1.807) is 36.7 Å². The molecule has 0 radical (unpaired) electrons. The molecule has 156 valence electrons. The Morgan fingerprint density at radius 3 is 2.32 bits per heavy atom. The third-order valence-corrected chi connectivity index (χ3v) is 6.13. The van der Waals surface area contributed by atoms with Gasteiger partial charge in [0.2, 0.25) is 5.91 Å². The van der Waals surface area contributed by atoms with Gasteiger partial charge in [-0.3, -0.25) is 19.5 Å². The molecule has 2 heterocycles. The summed E-state index contributed by atoms with van der Waals surface area (Å²) >= 11 is 0. The van der Waals surface area contributed by atoms with Crippen LogP contribution in [0.4, 0.5) is 11.4 Å². The summed E-state index contributed by atoms with van der Waals surface area (Å²) in [5.41, 5.74) is 2.05. The molecule has 0 aliphatic heterocycles. The van der Waals surface area contributed by atoms with Crippen LogP contribution in [-0.2, 0) is 21.2 Å². The zero-order valence-electron chi connectivity index (χ0n) is 16.5. The zero-order valence-corrected chi connectivity index (χ0v) is 17.3. The normalized spacial score (nSPS) is 11.2. The van der Waals surface area contributed by atoms with Crippen molar-refractivity contribution in [3.05, 3.63) is 91.0 Å². The second-order valence-electron chi connectivity index (χ2n) is 6.97. The summed E-state index contributed by atoms with van der Waals surface area (Å²) in [7, 11) is -3.68. The lowest BCUT2D eigenvalue weighted by Gasteiger charge is -2.09. The van der Waals surface area contributed by atoms with Crippen LogP contribution in [0.1, 0.15) is 12.0 Å². The number of aryl methyl sites for hydroxylation is 1. The van der Waals surface area contributed by atoms with Gasteiger partial charge in [0.1, 0.15) is 0 Å². The highest BCUT2D eigenvalue weighted by Gasteiger charge is 2.14. The molecule has 2 N–H and O–H groups in total. The maximum Gasteiger partial charge on any atom is 0.261 e. The zero-order chi connectivity index (χ0) is 21.7. The molecule has 0 bridgehead atoms. The number of hydrogen-bond donors (Lipinski definition) is 2. The molecule has 0 atom stereocenters. The van der Waals surface area contributed by atoms with E-state index in [4.69, 9.17) is 0 Å². The first-order valence-corrected chi connectivity index (χ1v) is 11.1. The topological polar surface area (TPSA) is 101 Å². The predicted octanol–water partition coefficient (Wildman–Crippen LogP) is 4.00. The van der Waals surface area contributed by atoms with Crippen LogP contribution < -0.4 is 10.0 Å². The average molecular weight is 433 g/mol. The fourth-order valence-corrected chi connectivity index (χ4v) is 4.17. The van der Waals surface area contributed by atoms with E-state index in [-0.39, 0.29) is 17.2 Å². The predicted molar refractivity (Wildman–Crippen MR) is 120 cm³/mol. The summed E-state index contributed by atoms with van der Waals surface area (Å²) in [6.45, 7) is 0. The molecule has 7 nitrogen and oxygen atoms in total. The monoisotopic (exact) mass is 432 g/mol. The van der Waals surface area contributed by atoms with Crippen LogP contribution in [0.25, 0.3) is 10.8 Å². The molecule has 4 rings (SSSR count). The average Bonchev–Trinajstić information content (AvgIpc) is 2.78. The Morgan fingerprint density at radius 2 is 1.55 bits per heavy atom.